The molecule has 0 spiro atoms. The van der Waals surface area contributed by atoms with Crippen molar-refractivity contribution in [1.82, 2.24) is 4.98 Å². The maximum absolute atomic E-state index is 6.27. The number of hydrogen-bond acceptors (Lipinski definition) is 2. The van der Waals surface area contributed by atoms with Gasteiger partial charge >= 0.3 is 0 Å². The zero-order chi connectivity index (χ0) is 12.3. The fourth-order valence-corrected chi connectivity index (χ4v) is 3.41. The van der Waals surface area contributed by atoms with Crippen LogP contribution in [0.3, 0.4) is 0 Å². The molecule has 1 saturated heterocycles. The third-order valence-electron chi connectivity index (χ3n) is 3.11. The Morgan fingerprint density at radius 1 is 1.53 bits per heavy atom. The van der Waals surface area contributed by atoms with Gasteiger partial charge in [-0.3, -0.25) is 0 Å². The van der Waals surface area contributed by atoms with Crippen molar-refractivity contribution in [3.63, 3.8) is 0 Å². The van der Waals surface area contributed by atoms with Crippen LogP contribution in [0.4, 0.5) is 5.82 Å². The average Bonchev–Trinajstić information content (AvgIpc) is 2.74. The summed E-state index contributed by atoms with van der Waals surface area (Å²) in [6, 6.07) is 2.52. The van der Waals surface area contributed by atoms with Gasteiger partial charge in [-0.25, -0.2) is 4.98 Å². The minimum atomic E-state index is 0.596. The SMILES string of the molecule is Clc1cc(Br)cnc1N1CCCC1CCCBr. The summed E-state index contributed by atoms with van der Waals surface area (Å²) in [5.41, 5.74) is 0. The van der Waals surface area contributed by atoms with Crippen molar-refractivity contribution >= 4 is 49.3 Å². The Morgan fingerprint density at radius 3 is 3.06 bits per heavy atom. The van der Waals surface area contributed by atoms with Gasteiger partial charge in [0.15, 0.2) is 0 Å². The van der Waals surface area contributed by atoms with Crippen molar-refractivity contribution in [3.05, 3.63) is 21.8 Å². The van der Waals surface area contributed by atoms with Crippen molar-refractivity contribution in [2.24, 2.45) is 0 Å². The first kappa shape index (κ1) is 13.6. The summed E-state index contributed by atoms with van der Waals surface area (Å²) in [4.78, 5) is 6.81. The van der Waals surface area contributed by atoms with Gasteiger partial charge in [-0.05, 0) is 47.7 Å². The number of halogens is 3. The van der Waals surface area contributed by atoms with Crippen LogP contribution in [-0.2, 0) is 0 Å². The van der Waals surface area contributed by atoms with Gasteiger partial charge in [0.25, 0.3) is 0 Å². The molecule has 1 aliphatic heterocycles. The van der Waals surface area contributed by atoms with E-state index in [1.165, 1.54) is 25.7 Å². The third-order valence-corrected chi connectivity index (χ3v) is 4.38. The zero-order valence-electron chi connectivity index (χ0n) is 9.50. The molecular weight excluding hydrogens is 367 g/mol. The molecule has 0 aliphatic carbocycles. The van der Waals surface area contributed by atoms with Gasteiger partial charge in [0.1, 0.15) is 5.82 Å². The second kappa shape index (κ2) is 6.39. The summed E-state index contributed by atoms with van der Waals surface area (Å²) >= 11 is 13.1. The molecule has 94 valence electrons. The Hall–Kier alpha value is 0.200. The fourth-order valence-electron chi connectivity index (χ4n) is 2.35. The molecule has 1 unspecified atom stereocenters. The lowest BCUT2D eigenvalue weighted by Gasteiger charge is -2.26. The Kier molecular flexibility index (Phi) is 5.12. The third kappa shape index (κ3) is 3.36. The van der Waals surface area contributed by atoms with Crippen LogP contribution in [0.25, 0.3) is 0 Å². The van der Waals surface area contributed by atoms with Crippen molar-refractivity contribution in [2.45, 2.75) is 31.7 Å². The standard InChI is InChI=1S/C12H15Br2ClN2/c13-5-1-3-10-4-2-6-17(10)12-11(15)7-9(14)8-16-12/h7-8,10H,1-6H2. The smallest absolute Gasteiger partial charge is 0.147 e. The number of hydrogen-bond donors (Lipinski definition) is 0. The number of nitrogens with zero attached hydrogens (tertiary/aromatic N) is 2. The van der Waals surface area contributed by atoms with Crippen molar-refractivity contribution in [1.29, 1.82) is 0 Å². The Morgan fingerprint density at radius 2 is 2.35 bits per heavy atom. The predicted molar refractivity (Wildman–Crippen MR) is 80.3 cm³/mol. The molecule has 0 radical (unpaired) electrons. The van der Waals surface area contributed by atoms with E-state index in [4.69, 9.17) is 11.6 Å². The van der Waals surface area contributed by atoms with E-state index in [-0.39, 0.29) is 0 Å². The molecule has 1 aromatic heterocycles. The molecule has 0 N–H and O–H groups in total. The molecule has 2 heterocycles. The molecule has 17 heavy (non-hydrogen) atoms. The number of pyridine rings is 1. The first-order chi connectivity index (χ1) is 8.22. The van der Waals surface area contributed by atoms with Gasteiger partial charge in [0.2, 0.25) is 0 Å². The average molecular weight is 383 g/mol. The summed E-state index contributed by atoms with van der Waals surface area (Å²) in [6.45, 7) is 1.07. The number of alkyl halides is 1. The minimum absolute atomic E-state index is 0.596. The van der Waals surface area contributed by atoms with Gasteiger partial charge in [0, 0.05) is 28.6 Å². The first-order valence-corrected chi connectivity index (χ1v) is 8.15. The van der Waals surface area contributed by atoms with E-state index in [2.05, 4.69) is 41.7 Å². The van der Waals surface area contributed by atoms with Crippen LogP contribution in [-0.4, -0.2) is 22.9 Å². The summed E-state index contributed by atoms with van der Waals surface area (Å²) in [5.74, 6) is 0.937. The highest BCUT2D eigenvalue weighted by atomic mass is 79.9. The first-order valence-electron chi connectivity index (χ1n) is 5.86. The number of anilines is 1. The minimum Gasteiger partial charge on any atom is -0.352 e. The van der Waals surface area contributed by atoms with Crippen LogP contribution in [0.15, 0.2) is 16.7 Å². The summed E-state index contributed by atoms with van der Waals surface area (Å²) in [7, 11) is 0. The quantitative estimate of drug-likeness (QED) is 0.705. The van der Waals surface area contributed by atoms with E-state index >= 15 is 0 Å². The molecule has 0 saturated carbocycles. The zero-order valence-corrected chi connectivity index (χ0v) is 13.4. The van der Waals surface area contributed by atoms with Gasteiger partial charge in [-0.15, -0.1) is 0 Å². The van der Waals surface area contributed by atoms with E-state index < -0.39 is 0 Å². The fraction of sp³-hybridized carbons (Fsp3) is 0.583. The lowest BCUT2D eigenvalue weighted by Crippen LogP contribution is -2.30. The van der Waals surface area contributed by atoms with Crippen LogP contribution >= 0.6 is 43.5 Å². The molecule has 1 aliphatic rings. The molecule has 1 atom stereocenters. The highest BCUT2D eigenvalue weighted by Gasteiger charge is 2.26. The largest absolute Gasteiger partial charge is 0.352 e. The van der Waals surface area contributed by atoms with Crippen LogP contribution in [0.2, 0.25) is 5.02 Å². The summed E-state index contributed by atoms with van der Waals surface area (Å²) in [6.07, 6.45) is 6.72. The van der Waals surface area contributed by atoms with E-state index in [9.17, 15) is 0 Å². The second-order valence-electron chi connectivity index (χ2n) is 4.28. The Bertz CT molecular complexity index is 387. The van der Waals surface area contributed by atoms with Crippen LogP contribution < -0.4 is 4.90 Å². The Balaban J connectivity index is 2.14. The lowest BCUT2D eigenvalue weighted by molar-refractivity contribution is 0.600. The molecular formula is C12H15Br2ClN2. The molecule has 1 fully saturated rings. The van der Waals surface area contributed by atoms with Crippen LogP contribution in [0.1, 0.15) is 25.7 Å². The highest BCUT2D eigenvalue weighted by Crippen LogP contribution is 2.33. The lowest BCUT2D eigenvalue weighted by atomic mass is 10.1. The Labute approximate surface area is 124 Å². The summed E-state index contributed by atoms with van der Waals surface area (Å²) in [5, 5.41) is 1.81. The van der Waals surface area contributed by atoms with Crippen molar-refractivity contribution < 1.29 is 0 Å². The van der Waals surface area contributed by atoms with Crippen molar-refractivity contribution in [2.75, 3.05) is 16.8 Å². The summed E-state index contributed by atoms with van der Waals surface area (Å²) < 4.78 is 0.933. The van der Waals surface area contributed by atoms with E-state index in [1.807, 2.05) is 12.3 Å². The van der Waals surface area contributed by atoms with Crippen molar-refractivity contribution in [3.8, 4) is 0 Å². The molecule has 0 bridgehead atoms. The molecule has 5 heteroatoms. The van der Waals surface area contributed by atoms with Crippen LogP contribution in [0.5, 0.6) is 0 Å². The maximum Gasteiger partial charge on any atom is 0.147 e. The molecule has 2 rings (SSSR count). The van der Waals surface area contributed by atoms with E-state index in [0.717, 1.165) is 27.2 Å². The maximum atomic E-state index is 6.27. The van der Waals surface area contributed by atoms with Crippen LogP contribution in [0, 0.1) is 0 Å². The monoisotopic (exact) mass is 380 g/mol. The number of aromatic nitrogens is 1. The molecule has 0 aromatic carbocycles. The van der Waals surface area contributed by atoms with Gasteiger partial charge in [-0.1, -0.05) is 27.5 Å². The molecule has 1 aromatic rings. The van der Waals surface area contributed by atoms with E-state index in [1.54, 1.807) is 0 Å². The van der Waals surface area contributed by atoms with Gasteiger partial charge in [0.05, 0.1) is 5.02 Å². The normalized spacial score (nSPS) is 19.9. The molecule has 2 nitrogen and oxygen atoms in total. The highest BCUT2D eigenvalue weighted by molar-refractivity contribution is 9.10. The predicted octanol–water partition coefficient (Wildman–Crippen LogP) is 4.64. The molecule has 0 amide bonds. The van der Waals surface area contributed by atoms with Gasteiger partial charge < -0.3 is 4.90 Å². The second-order valence-corrected chi connectivity index (χ2v) is 6.40. The number of rotatable bonds is 4. The van der Waals surface area contributed by atoms with E-state index in [0.29, 0.717) is 6.04 Å². The van der Waals surface area contributed by atoms with Gasteiger partial charge in [-0.2, -0.15) is 0 Å². The topological polar surface area (TPSA) is 16.1 Å².